The number of rotatable bonds is 2. The van der Waals surface area contributed by atoms with E-state index in [1.54, 1.807) is 34.4 Å². The Labute approximate surface area is 156 Å². The monoisotopic (exact) mass is 374 g/mol. The fourth-order valence-corrected chi connectivity index (χ4v) is 4.89. The van der Waals surface area contributed by atoms with E-state index in [4.69, 9.17) is 11.6 Å². The molecule has 1 saturated heterocycles. The highest BCUT2D eigenvalue weighted by atomic mass is 35.5. The van der Waals surface area contributed by atoms with Gasteiger partial charge in [-0.15, -0.1) is 11.3 Å². The summed E-state index contributed by atoms with van der Waals surface area (Å²) in [6.45, 7) is 3.45. The van der Waals surface area contributed by atoms with Gasteiger partial charge in [-0.2, -0.15) is 0 Å². The van der Waals surface area contributed by atoms with Gasteiger partial charge in [0.2, 0.25) is 5.91 Å². The number of thiophene rings is 1. The minimum Gasteiger partial charge on any atom is -0.331 e. The van der Waals surface area contributed by atoms with Gasteiger partial charge in [-0.25, -0.2) is 0 Å². The van der Waals surface area contributed by atoms with Gasteiger partial charge in [-0.3, -0.25) is 9.59 Å². The van der Waals surface area contributed by atoms with Crippen LogP contribution in [0.2, 0.25) is 5.02 Å². The van der Waals surface area contributed by atoms with Crippen LogP contribution in [0, 0.1) is 0 Å². The lowest BCUT2D eigenvalue weighted by molar-refractivity contribution is -0.117. The van der Waals surface area contributed by atoms with Crippen LogP contribution in [0.3, 0.4) is 0 Å². The highest BCUT2D eigenvalue weighted by Gasteiger charge is 2.30. The van der Waals surface area contributed by atoms with Crippen LogP contribution in [0.5, 0.6) is 0 Å². The second-order valence-electron chi connectivity index (χ2n) is 6.54. The predicted molar refractivity (Wildman–Crippen MR) is 101 cm³/mol. The van der Waals surface area contributed by atoms with Crippen LogP contribution in [0.25, 0.3) is 0 Å². The number of hydrogen-bond acceptors (Lipinski definition) is 3. The van der Waals surface area contributed by atoms with E-state index in [0.717, 1.165) is 12.8 Å². The molecular formula is C19H19ClN2O2S. The van der Waals surface area contributed by atoms with E-state index in [1.165, 1.54) is 10.4 Å². The molecule has 6 heteroatoms. The number of nitrogens with zero attached hydrogens (tertiary/aromatic N) is 2. The van der Waals surface area contributed by atoms with Crippen molar-refractivity contribution in [2.75, 3.05) is 18.0 Å². The average molecular weight is 375 g/mol. The van der Waals surface area contributed by atoms with Crippen molar-refractivity contribution in [1.82, 2.24) is 4.90 Å². The molecule has 1 unspecified atom stereocenters. The number of amides is 2. The molecule has 0 aliphatic carbocycles. The molecule has 2 aliphatic rings. The number of benzene rings is 1. The number of carbonyl (C=O) groups excluding carboxylic acids is 2. The van der Waals surface area contributed by atoms with Crippen molar-refractivity contribution in [2.24, 2.45) is 0 Å². The fourth-order valence-electron chi connectivity index (χ4n) is 3.71. The second kappa shape index (κ2) is 6.46. The third-order valence-corrected chi connectivity index (χ3v) is 6.41. The van der Waals surface area contributed by atoms with Gasteiger partial charge in [0.15, 0.2) is 0 Å². The van der Waals surface area contributed by atoms with Gasteiger partial charge in [-0.1, -0.05) is 11.6 Å². The maximum Gasteiger partial charge on any atom is 0.254 e. The minimum absolute atomic E-state index is 0.00564. The maximum absolute atomic E-state index is 13.1. The van der Waals surface area contributed by atoms with E-state index in [-0.39, 0.29) is 17.9 Å². The van der Waals surface area contributed by atoms with Crippen LogP contribution in [0.4, 0.5) is 5.69 Å². The summed E-state index contributed by atoms with van der Waals surface area (Å²) >= 11 is 8.06. The predicted octanol–water partition coefficient (Wildman–Crippen LogP) is 4.29. The van der Waals surface area contributed by atoms with Gasteiger partial charge in [0, 0.05) is 30.0 Å². The Morgan fingerprint density at radius 1 is 1.24 bits per heavy atom. The lowest BCUT2D eigenvalue weighted by Crippen LogP contribution is -2.38. The van der Waals surface area contributed by atoms with Crippen molar-refractivity contribution in [3.8, 4) is 0 Å². The Balaban J connectivity index is 1.64. The van der Waals surface area contributed by atoms with E-state index in [9.17, 15) is 9.59 Å². The van der Waals surface area contributed by atoms with E-state index in [0.29, 0.717) is 35.8 Å². The molecule has 2 aromatic rings. The first kappa shape index (κ1) is 16.6. The number of anilines is 1. The Kier molecular flexibility index (Phi) is 4.29. The highest BCUT2D eigenvalue weighted by molar-refractivity contribution is 7.10. The summed E-state index contributed by atoms with van der Waals surface area (Å²) in [5, 5.41) is 2.60. The van der Waals surface area contributed by atoms with Gasteiger partial charge in [0.25, 0.3) is 5.91 Å². The van der Waals surface area contributed by atoms with Crippen molar-refractivity contribution < 1.29 is 9.59 Å². The number of carbonyl (C=O) groups is 2. The van der Waals surface area contributed by atoms with Crippen LogP contribution in [-0.4, -0.2) is 29.8 Å². The third-order valence-electron chi connectivity index (χ3n) is 5.10. The van der Waals surface area contributed by atoms with Gasteiger partial charge >= 0.3 is 0 Å². The van der Waals surface area contributed by atoms with Crippen LogP contribution in [0.15, 0.2) is 29.6 Å². The van der Waals surface area contributed by atoms with Gasteiger partial charge in [0.05, 0.1) is 16.8 Å². The number of halogens is 1. The SMILES string of the molecule is CC1c2ccsc2CCN1C(=O)c1ccc(Cl)c(N2CCCC2=O)c1. The molecule has 0 radical (unpaired) electrons. The smallest absolute Gasteiger partial charge is 0.254 e. The molecule has 0 N–H and O–H groups in total. The first-order valence-electron chi connectivity index (χ1n) is 8.53. The van der Waals surface area contributed by atoms with Crippen LogP contribution in [0.1, 0.15) is 46.6 Å². The van der Waals surface area contributed by atoms with E-state index < -0.39 is 0 Å². The molecular weight excluding hydrogens is 356 g/mol. The lowest BCUT2D eigenvalue weighted by atomic mass is 10.00. The zero-order valence-electron chi connectivity index (χ0n) is 14.0. The molecule has 0 saturated carbocycles. The summed E-state index contributed by atoms with van der Waals surface area (Å²) in [6.07, 6.45) is 2.27. The molecule has 130 valence electrons. The van der Waals surface area contributed by atoms with Crippen molar-refractivity contribution in [2.45, 2.75) is 32.2 Å². The molecule has 1 aromatic heterocycles. The fraction of sp³-hybridized carbons (Fsp3) is 0.368. The lowest BCUT2D eigenvalue weighted by Gasteiger charge is -2.34. The van der Waals surface area contributed by atoms with Crippen molar-refractivity contribution in [3.05, 3.63) is 50.7 Å². The van der Waals surface area contributed by atoms with Crippen molar-refractivity contribution in [3.63, 3.8) is 0 Å². The van der Waals surface area contributed by atoms with Crippen LogP contribution in [-0.2, 0) is 11.2 Å². The second-order valence-corrected chi connectivity index (χ2v) is 7.95. The van der Waals surface area contributed by atoms with Gasteiger partial charge in [-0.05, 0) is 55.0 Å². The average Bonchev–Trinajstić information content (AvgIpc) is 3.24. The quantitative estimate of drug-likeness (QED) is 0.786. The Morgan fingerprint density at radius 2 is 2.08 bits per heavy atom. The number of fused-ring (bicyclic) bond motifs is 1. The first-order valence-corrected chi connectivity index (χ1v) is 9.79. The summed E-state index contributed by atoms with van der Waals surface area (Å²) in [4.78, 5) is 30.1. The summed E-state index contributed by atoms with van der Waals surface area (Å²) < 4.78 is 0. The molecule has 2 amide bonds. The normalized spacial score (nSPS) is 20.1. The molecule has 0 bridgehead atoms. The Hall–Kier alpha value is -1.85. The zero-order chi connectivity index (χ0) is 17.6. The summed E-state index contributed by atoms with van der Waals surface area (Å²) in [5.41, 5.74) is 2.48. The van der Waals surface area contributed by atoms with Crippen molar-refractivity contribution >= 4 is 40.4 Å². The summed E-state index contributed by atoms with van der Waals surface area (Å²) in [5.74, 6) is 0.0645. The molecule has 1 fully saturated rings. The number of hydrogen-bond donors (Lipinski definition) is 0. The third kappa shape index (κ3) is 2.85. The minimum atomic E-state index is -0.00564. The van der Waals surface area contributed by atoms with E-state index in [1.807, 2.05) is 4.90 Å². The molecule has 0 spiro atoms. The largest absolute Gasteiger partial charge is 0.331 e. The standard InChI is InChI=1S/C19H19ClN2O2S/c1-12-14-7-10-25-17(14)6-9-21(12)19(24)13-4-5-15(20)16(11-13)22-8-2-3-18(22)23/h4-5,7,10-12H,2-3,6,8-9H2,1H3. The molecule has 1 atom stereocenters. The topological polar surface area (TPSA) is 40.6 Å². The zero-order valence-corrected chi connectivity index (χ0v) is 15.6. The van der Waals surface area contributed by atoms with Crippen molar-refractivity contribution in [1.29, 1.82) is 0 Å². The Bertz CT molecular complexity index is 848. The summed E-state index contributed by atoms with van der Waals surface area (Å²) in [6, 6.07) is 7.42. The van der Waals surface area contributed by atoms with E-state index >= 15 is 0 Å². The summed E-state index contributed by atoms with van der Waals surface area (Å²) in [7, 11) is 0. The Morgan fingerprint density at radius 3 is 2.84 bits per heavy atom. The molecule has 4 nitrogen and oxygen atoms in total. The molecule has 3 heterocycles. The van der Waals surface area contributed by atoms with Crippen LogP contribution >= 0.6 is 22.9 Å². The van der Waals surface area contributed by atoms with Crippen LogP contribution < -0.4 is 4.90 Å². The maximum atomic E-state index is 13.1. The van der Waals surface area contributed by atoms with E-state index in [2.05, 4.69) is 18.4 Å². The highest BCUT2D eigenvalue weighted by Crippen LogP contribution is 2.35. The molecule has 2 aliphatic heterocycles. The van der Waals surface area contributed by atoms with Gasteiger partial charge in [0.1, 0.15) is 0 Å². The molecule has 25 heavy (non-hydrogen) atoms. The molecule has 4 rings (SSSR count). The first-order chi connectivity index (χ1) is 12.1. The van der Waals surface area contributed by atoms with Gasteiger partial charge < -0.3 is 9.80 Å². The molecule has 1 aromatic carbocycles.